The highest BCUT2D eigenvalue weighted by Crippen LogP contribution is 2.27. The molecular formula is C19H24N4O2. The van der Waals surface area contributed by atoms with Crippen LogP contribution in [0.25, 0.3) is 0 Å². The summed E-state index contributed by atoms with van der Waals surface area (Å²) in [6, 6.07) is 6.13. The SMILES string of the molecule is Cc1noc(C)c1CN(Cc1c(C)noc1C)C(C)c1ccccn1. The van der Waals surface area contributed by atoms with Gasteiger partial charge in [0.25, 0.3) is 0 Å². The first-order valence-corrected chi connectivity index (χ1v) is 8.45. The Balaban J connectivity index is 1.93. The van der Waals surface area contributed by atoms with Gasteiger partial charge in [0, 0.05) is 36.5 Å². The predicted octanol–water partition coefficient (Wildman–Crippen LogP) is 4.05. The number of hydrogen-bond acceptors (Lipinski definition) is 6. The van der Waals surface area contributed by atoms with Crippen molar-refractivity contribution in [2.75, 3.05) is 0 Å². The summed E-state index contributed by atoms with van der Waals surface area (Å²) in [6.45, 7) is 11.5. The number of rotatable bonds is 6. The van der Waals surface area contributed by atoms with Crippen LogP contribution in [-0.2, 0) is 13.1 Å². The average Bonchev–Trinajstić information content (AvgIpc) is 3.11. The van der Waals surface area contributed by atoms with Crippen molar-refractivity contribution < 1.29 is 9.05 Å². The Kier molecular flexibility index (Phi) is 4.99. The molecule has 0 saturated carbocycles. The topological polar surface area (TPSA) is 68.2 Å². The predicted molar refractivity (Wildman–Crippen MR) is 93.9 cm³/mol. The quantitative estimate of drug-likeness (QED) is 0.674. The van der Waals surface area contributed by atoms with Crippen LogP contribution in [0, 0.1) is 27.7 Å². The van der Waals surface area contributed by atoms with Gasteiger partial charge in [0.1, 0.15) is 11.5 Å². The summed E-state index contributed by atoms with van der Waals surface area (Å²) in [5.41, 5.74) is 5.12. The Hall–Kier alpha value is -2.47. The zero-order valence-corrected chi connectivity index (χ0v) is 15.4. The number of pyridine rings is 1. The molecule has 0 aliphatic carbocycles. The molecule has 132 valence electrons. The number of aromatic nitrogens is 3. The van der Waals surface area contributed by atoms with Gasteiger partial charge in [-0.15, -0.1) is 0 Å². The van der Waals surface area contributed by atoms with Gasteiger partial charge in [-0.2, -0.15) is 0 Å². The molecule has 3 aromatic heterocycles. The molecule has 0 fully saturated rings. The molecule has 0 saturated heterocycles. The molecule has 3 rings (SSSR count). The number of aryl methyl sites for hydroxylation is 4. The molecule has 6 heteroatoms. The largest absolute Gasteiger partial charge is 0.361 e. The molecule has 3 aromatic rings. The molecule has 3 heterocycles. The van der Waals surface area contributed by atoms with Gasteiger partial charge in [-0.3, -0.25) is 9.88 Å². The molecule has 1 unspecified atom stereocenters. The Morgan fingerprint density at radius 2 is 1.48 bits per heavy atom. The lowest BCUT2D eigenvalue weighted by Crippen LogP contribution is -2.27. The lowest BCUT2D eigenvalue weighted by molar-refractivity contribution is 0.186. The van der Waals surface area contributed by atoms with E-state index >= 15 is 0 Å². The van der Waals surface area contributed by atoms with Gasteiger partial charge in [0.05, 0.1) is 17.1 Å². The standard InChI is InChI=1S/C19H24N4O2/c1-12-17(15(4)24-21-12)10-23(11-18-13(2)22-25-16(18)5)14(3)19-8-6-7-9-20-19/h6-9,14H,10-11H2,1-5H3. The summed E-state index contributed by atoms with van der Waals surface area (Å²) in [5.74, 6) is 1.71. The zero-order chi connectivity index (χ0) is 18.0. The molecule has 0 N–H and O–H groups in total. The molecule has 6 nitrogen and oxygen atoms in total. The minimum absolute atomic E-state index is 0.128. The van der Waals surface area contributed by atoms with Gasteiger partial charge in [0.2, 0.25) is 0 Å². The molecule has 0 bridgehead atoms. The molecule has 25 heavy (non-hydrogen) atoms. The number of hydrogen-bond donors (Lipinski definition) is 0. The van der Waals surface area contributed by atoms with Crippen molar-refractivity contribution in [3.8, 4) is 0 Å². The summed E-state index contributed by atoms with van der Waals surface area (Å²) in [7, 11) is 0. The summed E-state index contributed by atoms with van der Waals surface area (Å²) >= 11 is 0. The summed E-state index contributed by atoms with van der Waals surface area (Å²) in [5, 5.41) is 8.17. The molecule has 0 aliphatic heterocycles. The molecule has 0 aromatic carbocycles. The molecule has 0 radical (unpaired) electrons. The third kappa shape index (κ3) is 3.64. The minimum atomic E-state index is 0.128. The first kappa shape index (κ1) is 17.4. The molecule has 1 atom stereocenters. The third-order valence-electron chi connectivity index (χ3n) is 4.75. The van der Waals surface area contributed by atoms with Crippen LogP contribution in [0.4, 0.5) is 0 Å². The average molecular weight is 340 g/mol. The maximum Gasteiger partial charge on any atom is 0.138 e. The molecular weight excluding hydrogens is 316 g/mol. The van der Waals surface area contributed by atoms with Gasteiger partial charge in [0.15, 0.2) is 0 Å². The maximum atomic E-state index is 5.34. The fourth-order valence-electron chi connectivity index (χ4n) is 3.00. The van der Waals surface area contributed by atoms with Gasteiger partial charge < -0.3 is 9.05 Å². The lowest BCUT2D eigenvalue weighted by Gasteiger charge is -2.28. The highest BCUT2D eigenvalue weighted by Gasteiger charge is 2.23. The second-order valence-electron chi connectivity index (χ2n) is 6.44. The monoisotopic (exact) mass is 340 g/mol. The second-order valence-corrected chi connectivity index (χ2v) is 6.44. The van der Waals surface area contributed by atoms with E-state index in [9.17, 15) is 0 Å². The highest BCUT2D eigenvalue weighted by molar-refractivity contribution is 5.24. The van der Waals surface area contributed by atoms with Crippen molar-refractivity contribution in [1.82, 2.24) is 20.2 Å². The van der Waals surface area contributed by atoms with E-state index in [2.05, 4.69) is 33.2 Å². The van der Waals surface area contributed by atoms with E-state index in [-0.39, 0.29) is 6.04 Å². The van der Waals surface area contributed by atoms with Crippen molar-refractivity contribution in [2.45, 2.75) is 53.8 Å². The van der Waals surface area contributed by atoms with Gasteiger partial charge >= 0.3 is 0 Å². The second kappa shape index (κ2) is 7.19. The maximum absolute atomic E-state index is 5.34. The van der Waals surface area contributed by atoms with Crippen LogP contribution >= 0.6 is 0 Å². The van der Waals surface area contributed by atoms with Gasteiger partial charge in [-0.05, 0) is 46.8 Å². The van der Waals surface area contributed by atoms with Crippen LogP contribution < -0.4 is 0 Å². The smallest absolute Gasteiger partial charge is 0.138 e. The summed E-state index contributed by atoms with van der Waals surface area (Å²) in [6.07, 6.45) is 1.83. The Morgan fingerprint density at radius 3 is 1.88 bits per heavy atom. The summed E-state index contributed by atoms with van der Waals surface area (Å²) < 4.78 is 10.7. The van der Waals surface area contributed by atoms with Gasteiger partial charge in [-0.25, -0.2) is 0 Å². The first-order valence-electron chi connectivity index (χ1n) is 8.45. The van der Waals surface area contributed by atoms with Crippen LogP contribution in [0.2, 0.25) is 0 Å². The van der Waals surface area contributed by atoms with Crippen molar-refractivity contribution >= 4 is 0 Å². The van der Waals surface area contributed by atoms with E-state index < -0.39 is 0 Å². The minimum Gasteiger partial charge on any atom is -0.361 e. The number of nitrogens with zero attached hydrogens (tertiary/aromatic N) is 4. The van der Waals surface area contributed by atoms with E-state index in [0.29, 0.717) is 0 Å². The third-order valence-corrected chi connectivity index (χ3v) is 4.75. The Labute approximate surface area is 147 Å². The highest BCUT2D eigenvalue weighted by atomic mass is 16.5. The summed E-state index contributed by atoms with van der Waals surface area (Å²) in [4.78, 5) is 6.88. The van der Waals surface area contributed by atoms with E-state index in [0.717, 1.165) is 52.8 Å². The zero-order valence-electron chi connectivity index (χ0n) is 15.4. The fourth-order valence-corrected chi connectivity index (χ4v) is 3.00. The van der Waals surface area contributed by atoms with Crippen LogP contribution in [0.1, 0.15) is 52.7 Å². The Morgan fingerprint density at radius 1 is 0.920 bits per heavy atom. The van der Waals surface area contributed by atoms with E-state index in [1.165, 1.54) is 0 Å². The van der Waals surface area contributed by atoms with Crippen LogP contribution in [0.3, 0.4) is 0 Å². The van der Waals surface area contributed by atoms with Crippen LogP contribution in [-0.4, -0.2) is 20.2 Å². The van der Waals surface area contributed by atoms with Gasteiger partial charge in [-0.1, -0.05) is 16.4 Å². The molecule has 0 aliphatic rings. The van der Waals surface area contributed by atoms with Crippen molar-refractivity contribution in [1.29, 1.82) is 0 Å². The van der Waals surface area contributed by atoms with E-state index in [4.69, 9.17) is 9.05 Å². The van der Waals surface area contributed by atoms with Crippen molar-refractivity contribution in [2.24, 2.45) is 0 Å². The van der Waals surface area contributed by atoms with Crippen molar-refractivity contribution in [3.63, 3.8) is 0 Å². The fraction of sp³-hybridized carbons (Fsp3) is 0.421. The first-order chi connectivity index (χ1) is 12.0. The molecule has 0 spiro atoms. The van der Waals surface area contributed by atoms with Crippen LogP contribution in [0.15, 0.2) is 33.4 Å². The van der Waals surface area contributed by atoms with Crippen LogP contribution in [0.5, 0.6) is 0 Å². The van der Waals surface area contributed by atoms with Crippen molar-refractivity contribution in [3.05, 3.63) is 64.1 Å². The lowest BCUT2D eigenvalue weighted by atomic mass is 10.1. The van der Waals surface area contributed by atoms with E-state index in [1.54, 1.807) is 0 Å². The molecule has 0 amide bonds. The normalized spacial score (nSPS) is 12.7. The van der Waals surface area contributed by atoms with E-state index in [1.807, 2.05) is 46.0 Å². The Bertz CT molecular complexity index is 751.